The number of ether oxygens (including phenoxy) is 2. The Hall–Kier alpha value is -3.52. The van der Waals surface area contributed by atoms with Crippen LogP contribution in [0.2, 0.25) is 0 Å². The summed E-state index contributed by atoms with van der Waals surface area (Å²) in [5.74, 6) is 1.50. The van der Waals surface area contributed by atoms with E-state index in [1.807, 2.05) is 92.3 Å². The molecule has 8 heteroatoms. The van der Waals surface area contributed by atoms with Crippen LogP contribution in [0.3, 0.4) is 0 Å². The van der Waals surface area contributed by atoms with Gasteiger partial charge >= 0.3 is 11.8 Å². The maximum absolute atomic E-state index is 13.2. The number of carbonyl (C=O) groups excluding carboxylic acids is 1. The largest absolute Gasteiger partial charge is 0.457 e. The molecule has 1 fully saturated rings. The first kappa shape index (κ1) is 26.5. The van der Waals surface area contributed by atoms with Crippen molar-refractivity contribution in [2.45, 2.75) is 64.1 Å². The van der Waals surface area contributed by atoms with Gasteiger partial charge in [0.05, 0.1) is 5.69 Å². The van der Waals surface area contributed by atoms with Crippen LogP contribution in [0.4, 0.5) is 4.79 Å². The lowest BCUT2D eigenvalue weighted by Crippen LogP contribution is -2.41. The number of likely N-dealkylation sites (N-methyl/N-ethyl adjacent to an activating group) is 1. The second-order valence-electron chi connectivity index (χ2n) is 10.6. The van der Waals surface area contributed by atoms with Crippen LogP contribution in [0.1, 0.15) is 52.5 Å². The molecular weight excluding hydrogens is 468 g/mol. The third-order valence-corrected chi connectivity index (χ3v) is 6.57. The second-order valence-corrected chi connectivity index (χ2v) is 10.6. The fourth-order valence-electron chi connectivity index (χ4n) is 4.59. The molecule has 3 aromatic rings. The lowest BCUT2D eigenvalue weighted by Gasteiger charge is -2.30. The number of rotatable bonds is 8. The van der Waals surface area contributed by atoms with Crippen molar-refractivity contribution in [2.75, 3.05) is 20.1 Å². The third-order valence-electron chi connectivity index (χ3n) is 6.57. The van der Waals surface area contributed by atoms with Gasteiger partial charge < -0.3 is 19.7 Å². The first-order valence-corrected chi connectivity index (χ1v) is 13.0. The van der Waals surface area contributed by atoms with Crippen LogP contribution in [0.15, 0.2) is 71.8 Å². The monoisotopic (exact) mass is 506 g/mol. The molecule has 0 spiro atoms. The normalized spacial score (nSPS) is 17.8. The first-order valence-electron chi connectivity index (χ1n) is 13.0. The summed E-state index contributed by atoms with van der Waals surface area (Å²) >= 11 is 0. The molecule has 2 aromatic carbocycles. The number of imidazole rings is 1. The molecular formula is C29H38N4O4. The van der Waals surface area contributed by atoms with Crippen molar-refractivity contribution in [3.63, 3.8) is 0 Å². The fraction of sp³-hybridized carbons (Fsp3) is 0.448. The van der Waals surface area contributed by atoms with Gasteiger partial charge in [-0.25, -0.2) is 9.59 Å². The summed E-state index contributed by atoms with van der Waals surface area (Å²) in [4.78, 5) is 26.9. The molecule has 0 radical (unpaired) electrons. The van der Waals surface area contributed by atoms with Crippen molar-refractivity contribution in [1.82, 2.24) is 19.4 Å². The molecule has 0 saturated heterocycles. The minimum atomic E-state index is -0.492. The molecule has 4 rings (SSSR count). The van der Waals surface area contributed by atoms with Crippen LogP contribution in [0.25, 0.3) is 5.69 Å². The van der Waals surface area contributed by atoms with Crippen LogP contribution in [0, 0.1) is 0 Å². The minimum absolute atomic E-state index is 0.0212. The average Bonchev–Trinajstić information content (AvgIpc) is 3.25. The van der Waals surface area contributed by atoms with E-state index < -0.39 is 5.60 Å². The van der Waals surface area contributed by atoms with Gasteiger partial charge in [-0.05, 0) is 82.9 Å². The molecule has 1 heterocycles. The number of para-hydroxylation sites is 1. The lowest BCUT2D eigenvalue weighted by atomic mass is 9.91. The van der Waals surface area contributed by atoms with E-state index in [2.05, 4.69) is 5.32 Å². The highest BCUT2D eigenvalue weighted by Crippen LogP contribution is 2.28. The first-order chi connectivity index (χ1) is 17.7. The van der Waals surface area contributed by atoms with Gasteiger partial charge in [-0.1, -0.05) is 18.2 Å². The van der Waals surface area contributed by atoms with Crippen molar-refractivity contribution >= 4 is 6.09 Å². The molecule has 0 bridgehead atoms. The maximum Gasteiger partial charge on any atom is 0.410 e. The van der Waals surface area contributed by atoms with Crippen molar-refractivity contribution in [3.05, 3.63) is 77.5 Å². The Morgan fingerprint density at radius 1 is 0.973 bits per heavy atom. The molecule has 1 N–H and O–H groups in total. The van der Waals surface area contributed by atoms with E-state index in [4.69, 9.17) is 9.47 Å². The Labute approximate surface area is 218 Å². The van der Waals surface area contributed by atoms with Gasteiger partial charge in [0.25, 0.3) is 0 Å². The zero-order valence-corrected chi connectivity index (χ0v) is 22.2. The van der Waals surface area contributed by atoms with Gasteiger partial charge in [0.15, 0.2) is 0 Å². The molecule has 1 aliphatic rings. The van der Waals surface area contributed by atoms with Gasteiger partial charge in [-0.2, -0.15) is 0 Å². The summed E-state index contributed by atoms with van der Waals surface area (Å²) in [6, 6.07) is 17.8. The van der Waals surface area contributed by atoms with E-state index in [1.165, 1.54) is 0 Å². The number of hydrogen-bond acceptors (Lipinski definition) is 5. The van der Waals surface area contributed by atoms with E-state index in [0.29, 0.717) is 19.1 Å². The number of benzene rings is 2. The van der Waals surface area contributed by atoms with E-state index in [-0.39, 0.29) is 17.8 Å². The van der Waals surface area contributed by atoms with Crippen molar-refractivity contribution < 1.29 is 14.3 Å². The Morgan fingerprint density at radius 3 is 2.27 bits per heavy atom. The van der Waals surface area contributed by atoms with Crippen LogP contribution in [0.5, 0.6) is 11.5 Å². The molecule has 8 nitrogen and oxygen atoms in total. The Morgan fingerprint density at radius 2 is 1.62 bits per heavy atom. The summed E-state index contributed by atoms with van der Waals surface area (Å²) in [6.07, 6.45) is 7.28. The molecule has 1 amide bonds. The van der Waals surface area contributed by atoms with Crippen LogP contribution in [-0.4, -0.2) is 51.9 Å². The van der Waals surface area contributed by atoms with Crippen molar-refractivity contribution in [2.24, 2.45) is 0 Å². The van der Waals surface area contributed by atoms with Gasteiger partial charge in [0, 0.05) is 44.6 Å². The maximum atomic E-state index is 13.2. The van der Waals surface area contributed by atoms with Crippen molar-refractivity contribution in [3.8, 4) is 17.2 Å². The number of hydrogen-bond donors (Lipinski definition) is 1. The predicted molar refractivity (Wildman–Crippen MR) is 145 cm³/mol. The van der Waals surface area contributed by atoms with Crippen LogP contribution < -0.4 is 15.7 Å². The quantitative estimate of drug-likeness (QED) is 0.444. The number of amides is 1. The zero-order valence-electron chi connectivity index (χ0n) is 22.2. The van der Waals surface area contributed by atoms with Gasteiger partial charge in [-0.15, -0.1) is 0 Å². The third kappa shape index (κ3) is 7.26. The predicted octanol–water partition coefficient (Wildman–Crippen LogP) is 5.37. The highest BCUT2D eigenvalue weighted by molar-refractivity contribution is 5.67. The van der Waals surface area contributed by atoms with Crippen molar-refractivity contribution in [1.29, 1.82) is 0 Å². The smallest absolute Gasteiger partial charge is 0.410 e. The van der Waals surface area contributed by atoms with Gasteiger partial charge in [0.1, 0.15) is 17.1 Å². The van der Waals surface area contributed by atoms with E-state index in [1.54, 1.807) is 16.5 Å². The number of aromatic nitrogens is 2. The lowest BCUT2D eigenvalue weighted by molar-refractivity contribution is 0.0298. The number of carbonyl (C=O) groups is 1. The summed E-state index contributed by atoms with van der Waals surface area (Å²) in [7, 11) is 1.76. The Kier molecular flexibility index (Phi) is 8.38. The van der Waals surface area contributed by atoms with Crippen LogP contribution >= 0.6 is 0 Å². The number of nitrogens with one attached hydrogen (secondary N) is 1. The second kappa shape index (κ2) is 11.7. The molecule has 0 aliphatic heterocycles. The standard InChI is InChI=1S/C29H38N4O4/c1-29(2,3)37-28(35)31(4)19-18-30-22-10-12-23(13-11-22)32-20-21-33(27(32)34)24-14-16-26(17-15-24)36-25-8-6-5-7-9-25/h5-9,14-17,20-23,30H,10-13,18-19H2,1-4H3. The molecule has 198 valence electrons. The van der Waals surface area contributed by atoms with Gasteiger partial charge in [-0.3, -0.25) is 9.13 Å². The molecule has 1 saturated carbocycles. The number of nitrogens with zero attached hydrogens (tertiary/aromatic N) is 3. The zero-order chi connectivity index (χ0) is 26.4. The van der Waals surface area contributed by atoms with E-state index in [9.17, 15) is 9.59 Å². The molecule has 0 atom stereocenters. The summed E-state index contributed by atoms with van der Waals surface area (Å²) in [6.45, 7) is 6.91. The highest BCUT2D eigenvalue weighted by Gasteiger charge is 2.24. The van der Waals surface area contributed by atoms with E-state index >= 15 is 0 Å². The molecule has 1 aromatic heterocycles. The van der Waals surface area contributed by atoms with Gasteiger partial charge in [0.2, 0.25) is 0 Å². The Balaban J connectivity index is 1.26. The highest BCUT2D eigenvalue weighted by atomic mass is 16.6. The average molecular weight is 507 g/mol. The topological polar surface area (TPSA) is 77.7 Å². The Bertz CT molecular complexity index is 1200. The summed E-state index contributed by atoms with van der Waals surface area (Å²) in [5, 5.41) is 3.56. The summed E-state index contributed by atoms with van der Waals surface area (Å²) in [5.41, 5.74) is 0.301. The fourth-order valence-corrected chi connectivity index (χ4v) is 4.59. The van der Waals surface area contributed by atoms with Crippen LogP contribution in [-0.2, 0) is 4.74 Å². The minimum Gasteiger partial charge on any atom is -0.457 e. The SMILES string of the molecule is CN(CCNC1CCC(n2ccn(-c3ccc(Oc4ccccc4)cc3)c2=O)CC1)C(=O)OC(C)(C)C. The summed E-state index contributed by atoms with van der Waals surface area (Å²) < 4.78 is 14.8. The molecule has 0 unspecified atom stereocenters. The molecule has 1 aliphatic carbocycles. The van der Waals surface area contributed by atoms with E-state index in [0.717, 1.165) is 42.9 Å². The molecule has 37 heavy (non-hydrogen) atoms.